The monoisotopic (exact) mass is 672 g/mol. The number of aryl methyl sites for hydroxylation is 4. The number of phenolic OH excluding ortho intramolecular Hbond substituents is 4. The van der Waals surface area contributed by atoms with Crippen LogP contribution >= 0.6 is 0 Å². The molecule has 0 unspecified atom stereocenters. The van der Waals surface area contributed by atoms with Gasteiger partial charge in [-0.25, -0.2) is 0 Å². The molecular weight excluding hydrogens is 632 g/mol. The second kappa shape index (κ2) is 19.8. The molecule has 4 aromatic rings. The fourth-order valence-corrected chi connectivity index (χ4v) is 2.18. The molecule has 0 saturated heterocycles. The van der Waals surface area contributed by atoms with Gasteiger partial charge in [-0.2, -0.15) is 0 Å². The SMILES string of the molecule is CC(C)[CH]=[W].Cc1ccc(O)cc1.Cc1ccc(O)cc1.Cc1ccc(O)cc1.Cc1ccc(O)cc1. The topological polar surface area (TPSA) is 80.9 Å². The second-order valence-corrected chi connectivity index (χ2v) is 9.70. The quantitative estimate of drug-likeness (QED) is 0.167. The van der Waals surface area contributed by atoms with Gasteiger partial charge in [0.1, 0.15) is 23.0 Å². The van der Waals surface area contributed by atoms with Crippen LogP contribution in [-0.2, 0) is 19.4 Å². The van der Waals surface area contributed by atoms with Gasteiger partial charge in [-0.15, -0.1) is 0 Å². The van der Waals surface area contributed by atoms with E-state index in [1.807, 2.05) is 76.2 Å². The molecule has 0 aliphatic carbocycles. The molecule has 5 heteroatoms. The molecule has 0 radical (unpaired) electrons. The van der Waals surface area contributed by atoms with Crippen LogP contribution in [-0.4, -0.2) is 24.8 Å². The molecule has 0 saturated carbocycles. The summed E-state index contributed by atoms with van der Waals surface area (Å²) < 4.78 is 2.25. The number of benzene rings is 4. The Balaban J connectivity index is 0.000000442. The molecule has 37 heavy (non-hydrogen) atoms. The first-order valence-corrected chi connectivity index (χ1v) is 13.6. The smallest absolute Gasteiger partial charge is 0.115 e. The maximum absolute atomic E-state index is 8.76. The molecule has 0 atom stereocenters. The van der Waals surface area contributed by atoms with Crippen molar-refractivity contribution >= 4 is 4.40 Å². The van der Waals surface area contributed by atoms with Crippen molar-refractivity contribution in [3.8, 4) is 23.0 Å². The summed E-state index contributed by atoms with van der Waals surface area (Å²) in [6, 6.07) is 28.4. The number of rotatable bonds is 1. The van der Waals surface area contributed by atoms with Crippen LogP contribution in [0.4, 0.5) is 0 Å². The third-order valence-electron chi connectivity index (χ3n) is 4.41. The molecule has 4 nitrogen and oxygen atoms in total. The molecule has 0 bridgehead atoms. The van der Waals surface area contributed by atoms with Crippen LogP contribution < -0.4 is 0 Å². The zero-order valence-electron chi connectivity index (χ0n) is 22.6. The Morgan fingerprint density at radius 3 is 0.649 bits per heavy atom. The standard InChI is InChI=1S/4C7H8O.C4H8.W/c4*1-6-2-4-7(8)5-3-6;1-4(2)3;/h4*2-5,8H,1H3;1,4H,2-3H3;. The van der Waals surface area contributed by atoms with Crippen molar-refractivity contribution in [3.63, 3.8) is 0 Å². The zero-order valence-corrected chi connectivity index (χ0v) is 25.5. The third kappa shape index (κ3) is 20.5. The first kappa shape index (κ1) is 33.6. The van der Waals surface area contributed by atoms with Crippen molar-refractivity contribution in [1.29, 1.82) is 0 Å². The number of aromatic hydroxyl groups is 4. The van der Waals surface area contributed by atoms with E-state index in [1.165, 1.54) is 22.3 Å². The van der Waals surface area contributed by atoms with Crippen molar-refractivity contribution in [2.75, 3.05) is 0 Å². The molecule has 0 heterocycles. The molecule has 4 rings (SSSR count). The minimum absolute atomic E-state index is 0.329. The minimum atomic E-state index is 0.329. The summed E-state index contributed by atoms with van der Waals surface area (Å²) in [4.78, 5) is 0. The van der Waals surface area contributed by atoms with Gasteiger partial charge in [-0.1, -0.05) is 70.8 Å². The zero-order chi connectivity index (χ0) is 28.2. The van der Waals surface area contributed by atoms with E-state index in [-0.39, 0.29) is 0 Å². The van der Waals surface area contributed by atoms with Crippen LogP contribution in [0, 0.1) is 33.6 Å². The van der Waals surface area contributed by atoms with Crippen LogP contribution in [0.2, 0.25) is 0 Å². The molecule has 4 N–H and O–H groups in total. The van der Waals surface area contributed by atoms with Gasteiger partial charge in [-0.3, -0.25) is 0 Å². The van der Waals surface area contributed by atoms with Crippen LogP contribution in [0.15, 0.2) is 97.1 Å². The fourth-order valence-electron chi connectivity index (χ4n) is 2.18. The normalized spacial score (nSPS) is 9.05. The molecule has 0 aliphatic heterocycles. The molecule has 4 aromatic carbocycles. The van der Waals surface area contributed by atoms with E-state index >= 15 is 0 Å². The predicted octanol–water partition coefficient (Wildman–Crippen LogP) is 7.79. The van der Waals surface area contributed by atoms with Gasteiger partial charge in [0.15, 0.2) is 0 Å². The summed E-state index contributed by atoms with van der Waals surface area (Å²) in [5.74, 6) is 2.11. The van der Waals surface area contributed by atoms with Gasteiger partial charge >= 0.3 is 43.5 Å². The summed E-state index contributed by atoms with van der Waals surface area (Å²) in [6.07, 6.45) is 0. The van der Waals surface area contributed by atoms with Crippen LogP contribution in [0.3, 0.4) is 0 Å². The average Bonchev–Trinajstić information content (AvgIpc) is 2.88. The van der Waals surface area contributed by atoms with Gasteiger partial charge in [0.25, 0.3) is 0 Å². The summed E-state index contributed by atoms with van der Waals surface area (Å²) in [7, 11) is 0. The van der Waals surface area contributed by atoms with Crippen molar-refractivity contribution in [2.24, 2.45) is 5.92 Å². The van der Waals surface area contributed by atoms with Gasteiger partial charge in [0, 0.05) is 0 Å². The van der Waals surface area contributed by atoms with Crippen LogP contribution in [0.1, 0.15) is 36.1 Å². The summed E-state index contributed by atoms with van der Waals surface area (Å²) in [6.45, 7) is 12.3. The molecule has 0 amide bonds. The van der Waals surface area contributed by atoms with Crippen molar-refractivity contribution in [3.05, 3.63) is 119 Å². The van der Waals surface area contributed by atoms with Crippen molar-refractivity contribution < 1.29 is 39.8 Å². The molecule has 0 spiro atoms. The van der Waals surface area contributed by atoms with Crippen LogP contribution in [0.5, 0.6) is 23.0 Å². The minimum Gasteiger partial charge on any atom is -0.508 e. The van der Waals surface area contributed by atoms with E-state index in [1.54, 1.807) is 67.9 Å². The van der Waals surface area contributed by atoms with E-state index in [2.05, 4.69) is 18.2 Å². The molecule has 0 aromatic heterocycles. The summed E-state index contributed by atoms with van der Waals surface area (Å²) in [5, 5.41) is 35.0. The fraction of sp³-hybridized carbons (Fsp3) is 0.219. The van der Waals surface area contributed by atoms with Crippen LogP contribution in [0.25, 0.3) is 0 Å². The maximum Gasteiger partial charge on any atom is 0.115 e. The number of phenols is 4. The Kier molecular flexibility index (Phi) is 18.0. The van der Waals surface area contributed by atoms with Gasteiger partial charge in [0.2, 0.25) is 0 Å². The van der Waals surface area contributed by atoms with Gasteiger partial charge < -0.3 is 20.4 Å². The molecule has 0 fully saturated rings. The first-order chi connectivity index (χ1) is 17.4. The maximum atomic E-state index is 8.76. The molecular formula is C32H40O4W. The van der Waals surface area contributed by atoms with E-state index in [0.717, 1.165) is 5.92 Å². The number of hydrogen-bond acceptors (Lipinski definition) is 4. The Bertz CT molecular complexity index is 846. The summed E-state index contributed by atoms with van der Waals surface area (Å²) >= 11 is 1.58. The Labute approximate surface area is 233 Å². The Morgan fingerprint density at radius 2 is 0.568 bits per heavy atom. The van der Waals surface area contributed by atoms with E-state index in [9.17, 15) is 0 Å². The van der Waals surface area contributed by atoms with Crippen molar-refractivity contribution in [2.45, 2.75) is 41.5 Å². The Morgan fingerprint density at radius 1 is 0.432 bits per heavy atom. The largest absolute Gasteiger partial charge is 0.508 e. The Hall–Kier alpha value is -3.36. The van der Waals surface area contributed by atoms with Gasteiger partial charge in [-0.05, 0) is 76.2 Å². The van der Waals surface area contributed by atoms with E-state index < -0.39 is 0 Å². The molecule has 198 valence electrons. The summed E-state index contributed by atoms with van der Waals surface area (Å²) in [5.41, 5.74) is 4.68. The average molecular weight is 673 g/mol. The third-order valence-corrected chi connectivity index (χ3v) is 6.36. The number of hydrogen-bond donors (Lipinski definition) is 4. The van der Waals surface area contributed by atoms with E-state index in [0.29, 0.717) is 23.0 Å². The molecule has 0 aliphatic rings. The first-order valence-electron chi connectivity index (χ1n) is 11.9. The second-order valence-electron chi connectivity index (χ2n) is 8.72. The van der Waals surface area contributed by atoms with E-state index in [4.69, 9.17) is 20.4 Å². The van der Waals surface area contributed by atoms with Gasteiger partial charge in [0.05, 0.1) is 0 Å². The predicted molar refractivity (Wildman–Crippen MR) is 152 cm³/mol. The van der Waals surface area contributed by atoms with Crippen molar-refractivity contribution in [1.82, 2.24) is 0 Å².